The summed E-state index contributed by atoms with van der Waals surface area (Å²) in [5.41, 5.74) is 7.66. The SMILES string of the molecule is CCOc1cccc(NCC2(OC)CCC2)c1N. The van der Waals surface area contributed by atoms with Gasteiger partial charge < -0.3 is 20.5 Å². The quantitative estimate of drug-likeness (QED) is 0.762. The number of rotatable bonds is 6. The van der Waals surface area contributed by atoms with Crippen LogP contribution in [0.25, 0.3) is 0 Å². The number of ether oxygens (including phenoxy) is 2. The van der Waals surface area contributed by atoms with Gasteiger partial charge in [0, 0.05) is 13.7 Å². The zero-order valence-electron chi connectivity index (χ0n) is 11.2. The Morgan fingerprint density at radius 2 is 2.17 bits per heavy atom. The van der Waals surface area contributed by atoms with E-state index in [1.807, 2.05) is 25.1 Å². The molecule has 4 nitrogen and oxygen atoms in total. The normalized spacial score (nSPS) is 17.0. The van der Waals surface area contributed by atoms with Gasteiger partial charge in [0.05, 0.1) is 23.6 Å². The van der Waals surface area contributed by atoms with Gasteiger partial charge in [0.1, 0.15) is 5.75 Å². The summed E-state index contributed by atoms with van der Waals surface area (Å²) in [7, 11) is 1.78. The molecule has 0 unspecified atom stereocenters. The minimum Gasteiger partial charge on any atom is -0.492 e. The maximum absolute atomic E-state index is 6.07. The third kappa shape index (κ3) is 2.53. The molecule has 0 radical (unpaired) electrons. The van der Waals surface area contributed by atoms with Gasteiger partial charge in [-0.2, -0.15) is 0 Å². The molecule has 1 aliphatic carbocycles. The van der Waals surface area contributed by atoms with Crippen molar-refractivity contribution in [3.05, 3.63) is 18.2 Å². The number of nitrogen functional groups attached to an aromatic ring is 1. The van der Waals surface area contributed by atoms with E-state index in [1.165, 1.54) is 6.42 Å². The molecule has 3 N–H and O–H groups in total. The zero-order chi connectivity index (χ0) is 13.0. The summed E-state index contributed by atoms with van der Waals surface area (Å²) in [6, 6.07) is 5.81. The average Bonchev–Trinajstić information content (AvgIpc) is 2.33. The van der Waals surface area contributed by atoms with Crippen LogP contribution in [0.5, 0.6) is 5.75 Å². The van der Waals surface area contributed by atoms with Crippen molar-refractivity contribution in [3.8, 4) is 5.75 Å². The molecular formula is C14H22N2O2. The molecule has 1 aliphatic rings. The summed E-state index contributed by atoms with van der Waals surface area (Å²) >= 11 is 0. The maximum Gasteiger partial charge on any atom is 0.144 e. The fraction of sp³-hybridized carbons (Fsp3) is 0.571. The Bertz CT molecular complexity index is 397. The van der Waals surface area contributed by atoms with Crippen molar-refractivity contribution >= 4 is 11.4 Å². The molecule has 0 aromatic heterocycles. The van der Waals surface area contributed by atoms with Crippen molar-refractivity contribution in [2.75, 3.05) is 31.3 Å². The lowest BCUT2D eigenvalue weighted by Crippen LogP contribution is -2.45. The largest absolute Gasteiger partial charge is 0.492 e. The summed E-state index contributed by atoms with van der Waals surface area (Å²) in [6.07, 6.45) is 3.47. The molecule has 1 fully saturated rings. The van der Waals surface area contributed by atoms with Gasteiger partial charge in [-0.05, 0) is 38.3 Å². The van der Waals surface area contributed by atoms with E-state index in [0.717, 1.165) is 30.8 Å². The first-order valence-electron chi connectivity index (χ1n) is 6.51. The van der Waals surface area contributed by atoms with Crippen LogP contribution in [-0.2, 0) is 4.74 Å². The molecule has 1 saturated carbocycles. The second kappa shape index (κ2) is 5.48. The summed E-state index contributed by atoms with van der Waals surface area (Å²) < 4.78 is 11.1. The van der Waals surface area contributed by atoms with Gasteiger partial charge in [0.25, 0.3) is 0 Å². The fourth-order valence-corrected chi connectivity index (χ4v) is 2.26. The van der Waals surface area contributed by atoms with E-state index in [1.54, 1.807) is 7.11 Å². The van der Waals surface area contributed by atoms with E-state index >= 15 is 0 Å². The predicted molar refractivity (Wildman–Crippen MR) is 74.1 cm³/mol. The maximum atomic E-state index is 6.07. The van der Waals surface area contributed by atoms with Crippen LogP contribution in [-0.4, -0.2) is 25.9 Å². The zero-order valence-corrected chi connectivity index (χ0v) is 11.2. The van der Waals surface area contributed by atoms with Crippen molar-refractivity contribution < 1.29 is 9.47 Å². The number of anilines is 2. The van der Waals surface area contributed by atoms with Crippen LogP contribution >= 0.6 is 0 Å². The van der Waals surface area contributed by atoms with E-state index < -0.39 is 0 Å². The summed E-state index contributed by atoms with van der Waals surface area (Å²) in [5.74, 6) is 0.738. The first kappa shape index (κ1) is 13.0. The molecule has 2 rings (SSSR count). The van der Waals surface area contributed by atoms with Gasteiger partial charge in [-0.25, -0.2) is 0 Å². The smallest absolute Gasteiger partial charge is 0.144 e. The first-order valence-corrected chi connectivity index (χ1v) is 6.51. The highest BCUT2D eigenvalue weighted by atomic mass is 16.5. The highest BCUT2D eigenvalue weighted by Gasteiger charge is 2.36. The second-order valence-corrected chi connectivity index (χ2v) is 4.74. The Balaban J connectivity index is 2.02. The topological polar surface area (TPSA) is 56.5 Å². The van der Waals surface area contributed by atoms with Gasteiger partial charge in [0.15, 0.2) is 0 Å². The molecule has 18 heavy (non-hydrogen) atoms. The van der Waals surface area contributed by atoms with Crippen LogP contribution in [0.1, 0.15) is 26.2 Å². The van der Waals surface area contributed by atoms with Crippen molar-refractivity contribution in [1.82, 2.24) is 0 Å². The van der Waals surface area contributed by atoms with Crippen molar-refractivity contribution in [1.29, 1.82) is 0 Å². The number of hydrogen-bond acceptors (Lipinski definition) is 4. The molecule has 1 aromatic rings. The molecule has 0 saturated heterocycles. The second-order valence-electron chi connectivity index (χ2n) is 4.74. The number of methoxy groups -OCH3 is 1. The predicted octanol–water partition coefficient (Wildman–Crippen LogP) is 2.65. The number of benzene rings is 1. The highest BCUT2D eigenvalue weighted by molar-refractivity contribution is 5.73. The van der Waals surface area contributed by atoms with E-state index in [2.05, 4.69) is 5.32 Å². The highest BCUT2D eigenvalue weighted by Crippen LogP contribution is 2.36. The van der Waals surface area contributed by atoms with Crippen molar-refractivity contribution in [3.63, 3.8) is 0 Å². The van der Waals surface area contributed by atoms with Gasteiger partial charge in [0.2, 0.25) is 0 Å². The number of nitrogens with one attached hydrogen (secondary N) is 1. The third-order valence-corrected chi connectivity index (χ3v) is 3.66. The Kier molecular flexibility index (Phi) is 3.97. The van der Waals surface area contributed by atoms with E-state index in [4.69, 9.17) is 15.2 Å². The molecule has 0 bridgehead atoms. The summed E-state index contributed by atoms with van der Waals surface area (Å²) in [4.78, 5) is 0. The number of para-hydroxylation sites is 1. The van der Waals surface area contributed by atoms with Gasteiger partial charge in [-0.15, -0.1) is 0 Å². The molecule has 0 aliphatic heterocycles. The third-order valence-electron chi connectivity index (χ3n) is 3.66. The molecule has 0 amide bonds. The van der Waals surface area contributed by atoms with Crippen LogP contribution < -0.4 is 15.8 Å². The van der Waals surface area contributed by atoms with Crippen molar-refractivity contribution in [2.24, 2.45) is 0 Å². The molecule has 0 atom stereocenters. The first-order chi connectivity index (χ1) is 8.71. The Morgan fingerprint density at radius 1 is 1.39 bits per heavy atom. The minimum atomic E-state index is -0.00589. The van der Waals surface area contributed by atoms with E-state index in [-0.39, 0.29) is 5.60 Å². The van der Waals surface area contributed by atoms with E-state index in [9.17, 15) is 0 Å². The van der Waals surface area contributed by atoms with Crippen LogP contribution in [0, 0.1) is 0 Å². The standard InChI is InChI=1S/C14H22N2O2/c1-3-18-12-7-4-6-11(13(12)15)16-10-14(17-2)8-5-9-14/h4,6-7,16H,3,5,8-10,15H2,1-2H3. The van der Waals surface area contributed by atoms with Gasteiger partial charge in [-0.3, -0.25) is 0 Å². The Morgan fingerprint density at radius 3 is 2.72 bits per heavy atom. The fourth-order valence-electron chi connectivity index (χ4n) is 2.26. The number of hydrogen-bond donors (Lipinski definition) is 2. The lowest BCUT2D eigenvalue weighted by molar-refractivity contribution is -0.0601. The number of nitrogens with two attached hydrogens (primary N) is 1. The molecule has 0 heterocycles. The Labute approximate surface area is 108 Å². The minimum absolute atomic E-state index is 0.00589. The van der Waals surface area contributed by atoms with Crippen LogP contribution in [0.4, 0.5) is 11.4 Å². The summed E-state index contributed by atoms with van der Waals surface area (Å²) in [6.45, 7) is 3.37. The van der Waals surface area contributed by atoms with Gasteiger partial charge >= 0.3 is 0 Å². The molecular weight excluding hydrogens is 228 g/mol. The average molecular weight is 250 g/mol. The van der Waals surface area contributed by atoms with Crippen molar-refractivity contribution in [2.45, 2.75) is 31.8 Å². The lowest BCUT2D eigenvalue weighted by atomic mass is 9.80. The molecule has 4 heteroatoms. The van der Waals surface area contributed by atoms with E-state index in [0.29, 0.717) is 12.3 Å². The monoisotopic (exact) mass is 250 g/mol. The van der Waals surface area contributed by atoms with Crippen LogP contribution in [0.3, 0.4) is 0 Å². The molecule has 0 spiro atoms. The van der Waals surface area contributed by atoms with Gasteiger partial charge in [-0.1, -0.05) is 6.07 Å². The molecule has 1 aromatic carbocycles. The van der Waals surface area contributed by atoms with Crippen LogP contribution in [0.2, 0.25) is 0 Å². The lowest BCUT2D eigenvalue weighted by Gasteiger charge is -2.40. The Hall–Kier alpha value is -1.42. The van der Waals surface area contributed by atoms with Crippen LogP contribution in [0.15, 0.2) is 18.2 Å². The molecule has 100 valence electrons. The summed E-state index contributed by atoms with van der Waals surface area (Å²) in [5, 5.41) is 3.38.